The molecule has 0 radical (unpaired) electrons. The average Bonchev–Trinajstić information content (AvgIpc) is 2.71. The van der Waals surface area contributed by atoms with E-state index < -0.39 is 0 Å². The van der Waals surface area contributed by atoms with Crippen molar-refractivity contribution in [2.24, 2.45) is 0 Å². The zero-order valence-electron chi connectivity index (χ0n) is 16.0. The van der Waals surface area contributed by atoms with Gasteiger partial charge in [0.05, 0.1) is 18.2 Å². The number of rotatable bonds is 8. The van der Waals surface area contributed by atoms with E-state index in [2.05, 4.69) is 5.32 Å². The van der Waals surface area contributed by atoms with Gasteiger partial charge in [-0.15, -0.1) is 0 Å². The van der Waals surface area contributed by atoms with Crippen molar-refractivity contribution in [2.45, 2.75) is 51.2 Å². The molecule has 0 atom stereocenters. The van der Waals surface area contributed by atoms with Crippen molar-refractivity contribution >= 4 is 17.5 Å². The fraction of sp³-hybridized carbons (Fsp3) is 0.455. The smallest absolute Gasteiger partial charge is 0.252 e. The molecule has 1 saturated carbocycles. The molecule has 5 nitrogen and oxygen atoms in total. The predicted molar refractivity (Wildman–Crippen MR) is 111 cm³/mol. The maximum Gasteiger partial charge on any atom is 0.252 e. The van der Waals surface area contributed by atoms with Gasteiger partial charge in [-0.3, -0.25) is 9.59 Å². The standard InChI is InChI=1S/C22H27ClN2O3/c23-20-10-5-4-7-17(20)15-25-16-18(11-12-21(25)26)22(27)24-13-6-14-28-19-8-2-1-3-9-19/h4-5,7,10-12,16,19H,1-3,6,8-9,13-15H2,(H,24,27). The molecule has 1 N–H and O–H groups in total. The number of hydrogen-bond acceptors (Lipinski definition) is 3. The molecule has 1 fully saturated rings. The van der Waals surface area contributed by atoms with Gasteiger partial charge in [-0.1, -0.05) is 49.1 Å². The molecule has 0 saturated heterocycles. The summed E-state index contributed by atoms with van der Waals surface area (Å²) in [6.45, 7) is 1.54. The Balaban J connectivity index is 1.49. The van der Waals surface area contributed by atoms with Gasteiger partial charge in [0.15, 0.2) is 0 Å². The largest absolute Gasteiger partial charge is 0.378 e. The topological polar surface area (TPSA) is 60.3 Å². The van der Waals surface area contributed by atoms with Crippen LogP contribution in [-0.4, -0.2) is 29.7 Å². The van der Waals surface area contributed by atoms with Crippen LogP contribution in [0.15, 0.2) is 47.4 Å². The van der Waals surface area contributed by atoms with Crippen molar-refractivity contribution in [3.63, 3.8) is 0 Å². The third-order valence-electron chi connectivity index (χ3n) is 5.06. The van der Waals surface area contributed by atoms with Gasteiger partial charge >= 0.3 is 0 Å². The zero-order valence-corrected chi connectivity index (χ0v) is 16.8. The SMILES string of the molecule is O=C(NCCCOC1CCCCC1)c1ccc(=O)n(Cc2ccccc2Cl)c1. The van der Waals surface area contributed by atoms with E-state index in [9.17, 15) is 9.59 Å². The first-order valence-electron chi connectivity index (χ1n) is 9.97. The molecule has 1 aromatic heterocycles. The van der Waals surface area contributed by atoms with E-state index in [0.29, 0.717) is 36.4 Å². The number of nitrogens with zero attached hydrogens (tertiary/aromatic N) is 1. The molecule has 150 valence electrons. The summed E-state index contributed by atoms with van der Waals surface area (Å²) in [4.78, 5) is 24.5. The number of halogens is 1. The summed E-state index contributed by atoms with van der Waals surface area (Å²) in [5.41, 5.74) is 1.13. The number of nitrogens with one attached hydrogen (secondary N) is 1. The van der Waals surface area contributed by atoms with Crippen LogP contribution in [0.3, 0.4) is 0 Å². The number of carbonyl (C=O) groups excluding carboxylic acids is 1. The molecule has 3 rings (SSSR count). The molecule has 1 aromatic carbocycles. The van der Waals surface area contributed by atoms with Crippen LogP contribution < -0.4 is 10.9 Å². The van der Waals surface area contributed by atoms with E-state index in [0.717, 1.165) is 24.8 Å². The number of benzene rings is 1. The molecule has 2 aromatic rings. The molecule has 0 aliphatic heterocycles. The second kappa shape index (κ2) is 10.4. The van der Waals surface area contributed by atoms with Crippen molar-refractivity contribution in [3.8, 4) is 0 Å². The maximum atomic E-state index is 12.4. The van der Waals surface area contributed by atoms with Crippen molar-refractivity contribution in [1.82, 2.24) is 9.88 Å². The van der Waals surface area contributed by atoms with E-state index >= 15 is 0 Å². The van der Waals surface area contributed by atoms with Gasteiger partial charge in [-0.05, 0) is 37.0 Å². The number of carbonyl (C=O) groups is 1. The van der Waals surface area contributed by atoms with E-state index in [4.69, 9.17) is 16.3 Å². The van der Waals surface area contributed by atoms with E-state index in [-0.39, 0.29) is 11.5 Å². The van der Waals surface area contributed by atoms with E-state index in [1.165, 1.54) is 29.9 Å². The number of amides is 1. The van der Waals surface area contributed by atoms with Gasteiger partial charge in [0, 0.05) is 30.4 Å². The second-order valence-corrected chi connectivity index (χ2v) is 7.62. The summed E-state index contributed by atoms with van der Waals surface area (Å²) in [5.74, 6) is -0.189. The number of hydrogen-bond donors (Lipinski definition) is 1. The highest BCUT2D eigenvalue weighted by molar-refractivity contribution is 6.31. The monoisotopic (exact) mass is 402 g/mol. The summed E-state index contributed by atoms with van der Waals surface area (Å²) in [6.07, 6.45) is 8.88. The lowest BCUT2D eigenvalue weighted by atomic mass is 9.98. The van der Waals surface area contributed by atoms with E-state index in [1.54, 1.807) is 18.3 Å². The number of ether oxygens (including phenoxy) is 1. The van der Waals surface area contributed by atoms with Gasteiger partial charge in [0.1, 0.15) is 0 Å². The Hall–Kier alpha value is -2.11. The summed E-state index contributed by atoms with van der Waals surface area (Å²) in [7, 11) is 0. The first-order valence-corrected chi connectivity index (χ1v) is 10.3. The quantitative estimate of drug-likeness (QED) is 0.678. The van der Waals surface area contributed by atoms with Gasteiger partial charge in [0.25, 0.3) is 11.5 Å². The van der Waals surface area contributed by atoms with Crippen molar-refractivity contribution < 1.29 is 9.53 Å². The third-order valence-corrected chi connectivity index (χ3v) is 5.43. The molecule has 0 spiro atoms. The minimum atomic E-state index is -0.189. The normalized spacial score (nSPS) is 14.8. The summed E-state index contributed by atoms with van der Waals surface area (Å²) in [5, 5.41) is 3.50. The third kappa shape index (κ3) is 5.94. The highest BCUT2D eigenvalue weighted by atomic mass is 35.5. The Bertz CT molecular complexity index is 844. The molecule has 1 aliphatic carbocycles. The molecule has 1 aliphatic rings. The lowest BCUT2D eigenvalue weighted by Gasteiger charge is -2.21. The Labute approximate surface area is 170 Å². The molecule has 0 unspecified atom stereocenters. The highest BCUT2D eigenvalue weighted by Crippen LogP contribution is 2.20. The predicted octanol–water partition coefficient (Wildman–Crippen LogP) is 4.02. The molecular weight excluding hydrogens is 376 g/mol. The fourth-order valence-corrected chi connectivity index (χ4v) is 3.65. The summed E-state index contributed by atoms with van der Waals surface area (Å²) >= 11 is 6.18. The van der Waals surface area contributed by atoms with Gasteiger partial charge < -0.3 is 14.6 Å². The Kier molecular flexibility index (Phi) is 7.69. The Morgan fingerprint density at radius 3 is 2.71 bits per heavy atom. The van der Waals surface area contributed by atoms with Crippen LogP contribution in [0, 0.1) is 0 Å². The first kappa shape index (κ1) is 20.6. The molecule has 1 amide bonds. The number of aromatic nitrogens is 1. The van der Waals surface area contributed by atoms with Crippen molar-refractivity contribution in [1.29, 1.82) is 0 Å². The van der Waals surface area contributed by atoms with Gasteiger partial charge in [-0.2, -0.15) is 0 Å². The number of pyridine rings is 1. The van der Waals surface area contributed by atoms with Crippen LogP contribution >= 0.6 is 11.6 Å². The zero-order chi connectivity index (χ0) is 19.8. The molecule has 6 heteroatoms. The minimum Gasteiger partial charge on any atom is -0.378 e. The van der Waals surface area contributed by atoms with Crippen LogP contribution in [0.2, 0.25) is 5.02 Å². The summed E-state index contributed by atoms with van der Waals surface area (Å²) < 4.78 is 7.38. The van der Waals surface area contributed by atoms with Crippen LogP contribution in [0.5, 0.6) is 0 Å². The van der Waals surface area contributed by atoms with E-state index in [1.807, 2.05) is 18.2 Å². The highest BCUT2D eigenvalue weighted by Gasteiger charge is 2.13. The van der Waals surface area contributed by atoms with Crippen LogP contribution in [-0.2, 0) is 11.3 Å². The second-order valence-electron chi connectivity index (χ2n) is 7.22. The van der Waals surface area contributed by atoms with Crippen LogP contribution in [0.4, 0.5) is 0 Å². The Morgan fingerprint density at radius 1 is 1.14 bits per heavy atom. The maximum absolute atomic E-state index is 12.4. The van der Waals surface area contributed by atoms with Gasteiger partial charge in [-0.25, -0.2) is 0 Å². The van der Waals surface area contributed by atoms with Crippen molar-refractivity contribution in [2.75, 3.05) is 13.2 Å². The summed E-state index contributed by atoms with van der Waals surface area (Å²) in [6, 6.07) is 10.3. The Morgan fingerprint density at radius 2 is 1.93 bits per heavy atom. The van der Waals surface area contributed by atoms with Gasteiger partial charge in [0.2, 0.25) is 0 Å². The average molecular weight is 403 g/mol. The molecule has 28 heavy (non-hydrogen) atoms. The molecule has 1 heterocycles. The van der Waals surface area contributed by atoms with Crippen LogP contribution in [0.25, 0.3) is 0 Å². The lowest BCUT2D eigenvalue weighted by Crippen LogP contribution is -2.28. The van der Waals surface area contributed by atoms with Crippen LogP contribution in [0.1, 0.15) is 54.4 Å². The lowest BCUT2D eigenvalue weighted by molar-refractivity contribution is 0.0273. The molecule has 0 bridgehead atoms. The first-order chi connectivity index (χ1) is 13.6. The fourth-order valence-electron chi connectivity index (χ4n) is 3.46. The molecular formula is C22H27ClN2O3. The van der Waals surface area contributed by atoms with Crippen molar-refractivity contribution in [3.05, 3.63) is 69.1 Å². The minimum absolute atomic E-state index is 0.169.